The van der Waals surface area contributed by atoms with Gasteiger partial charge in [-0.3, -0.25) is 9.78 Å². The van der Waals surface area contributed by atoms with Crippen molar-refractivity contribution >= 4 is 11.0 Å². The molecule has 1 N–H and O–H groups in total. The fraction of sp³-hybridized carbons (Fsp3) is 0.412. The molecular formula is C17H16F3N5O2. The summed E-state index contributed by atoms with van der Waals surface area (Å²) in [6.07, 6.45) is -0.578. The van der Waals surface area contributed by atoms with Gasteiger partial charge < -0.3 is 9.72 Å². The molecule has 0 bridgehead atoms. The maximum absolute atomic E-state index is 13.2. The Balaban J connectivity index is 1.74. The highest BCUT2D eigenvalue weighted by Gasteiger charge is 2.34. The van der Waals surface area contributed by atoms with E-state index in [0.717, 1.165) is 18.9 Å². The first-order valence-corrected chi connectivity index (χ1v) is 8.49. The van der Waals surface area contributed by atoms with E-state index in [1.54, 1.807) is 4.68 Å². The summed E-state index contributed by atoms with van der Waals surface area (Å²) >= 11 is 0. The Bertz CT molecular complexity index is 1020. The van der Waals surface area contributed by atoms with Gasteiger partial charge in [0.1, 0.15) is 11.2 Å². The number of aromatic amines is 1. The summed E-state index contributed by atoms with van der Waals surface area (Å²) < 4.78 is 46.6. The zero-order valence-corrected chi connectivity index (χ0v) is 14.2. The van der Waals surface area contributed by atoms with Gasteiger partial charge in [-0.05, 0) is 25.0 Å². The van der Waals surface area contributed by atoms with E-state index in [0.29, 0.717) is 24.2 Å². The van der Waals surface area contributed by atoms with Gasteiger partial charge in [0.15, 0.2) is 5.65 Å². The number of hydrogen-bond acceptors (Lipinski definition) is 5. The molecule has 0 aliphatic carbocycles. The largest absolute Gasteiger partial charge is 0.418 e. The summed E-state index contributed by atoms with van der Waals surface area (Å²) in [6, 6.07) is 2.23. The molecule has 4 rings (SSSR count). The number of nitrogens with zero attached hydrogens (tertiary/aromatic N) is 4. The molecule has 0 unspecified atom stereocenters. The molecule has 0 saturated carbocycles. The van der Waals surface area contributed by atoms with Crippen LogP contribution in [0.1, 0.15) is 36.0 Å². The molecule has 1 aliphatic heterocycles. The summed E-state index contributed by atoms with van der Waals surface area (Å²) in [4.78, 5) is 23.1. The van der Waals surface area contributed by atoms with Crippen molar-refractivity contribution in [2.45, 2.75) is 31.5 Å². The average molecular weight is 379 g/mol. The molecule has 1 saturated heterocycles. The van der Waals surface area contributed by atoms with Crippen molar-refractivity contribution in [1.29, 1.82) is 0 Å². The Labute approximate surface area is 151 Å². The van der Waals surface area contributed by atoms with Gasteiger partial charge in [-0.1, -0.05) is 0 Å². The smallest absolute Gasteiger partial charge is 0.381 e. The third-order valence-corrected chi connectivity index (χ3v) is 4.58. The van der Waals surface area contributed by atoms with Crippen LogP contribution >= 0.6 is 0 Å². The molecular weight excluding hydrogens is 363 g/mol. The van der Waals surface area contributed by atoms with Gasteiger partial charge in [-0.2, -0.15) is 18.3 Å². The van der Waals surface area contributed by atoms with Gasteiger partial charge in [-0.25, -0.2) is 9.67 Å². The fourth-order valence-electron chi connectivity index (χ4n) is 3.26. The number of pyridine rings is 1. The molecule has 27 heavy (non-hydrogen) atoms. The van der Waals surface area contributed by atoms with Crippen LogP contribution in [-0.4, -0.2) is 37.9 Å². The van der Waals surface area contributed by atoms with E-state index in [4.69, 9.17) is 4.74 Å². The standard InChI is InChI=1S/C17H16F3N5O2/c18-17(19,20)12-2-1-5-21-13(12)8-14-23-15-11(16(26)24-14)9-22-25(15)10-3-6-27-7-4-10/h1-2,5,9-10H,3-4,6-8H2,(H,23,24,26). The second kappa shape index (κ2) is 6.76. The van der Waals surface area contributed by atoms with E-state index in [-0.39, 0.29) is 24.0 Å². The van der Waals surface area contributed by atoms with E-state index < -0.39 is 17.3 Å². The van der Waals surface area contributed by atoms with E-state index in [2.05, 4.69) is 20.1 Å². The number of nitrogens with one attached hydrogen (secondary N) is 1. The lowest BCUT2D eigenvalue weighted by atomic mass is 10.1. The second-order valence-electron chi connectivity index (χ2n) is 6.35. The quantitative estimate of drug-likeness (QED) is 0.756. The average Bonchev–Trinajstić information content (AvgIpc) is 3.06. The van der Waals surface area contributed by atoms with Crippen LogP contribution in [0.4, 0.5) is 13.2 Å². The number of hydrogen-bond donors (Lipinski definition) is 1. The molecule has 0 spiro atoms. The van der Waals surface area contributed by atoms with E-state index in [1.807, 2.05) is 0 Å². The third kappa shape index (κ3) is 3.44. The maximum atomic E-state index is 13.2. The van der Waals surface area contributed by atoms with E-state index in [1.165, 1.54) is 18.5 Å². The molecule has 3 aromatic rings. The van der Waals surface area contributed by atoms with Crippen LogP contribution in [0.5, 0.6) is 0 Å². The van der Waals surface area contributed by atoms with Crippen molar-refractivity contribution in [3.63, 3.8) is 0 Å². The van der Waals surface area contributed by atoms with E-state index >= 15 is 0 Å². The summed E-state index contributed by atoms with van der Waals surface area (Å²) in [6.45, 7) is 1.18. The van der Waals surface area contributed by atoms with Crippen LogP contribution in [0.2, 0.25) is 0 Å². The fourth-order valence-corrected chi connectivity index (χ4v) is 3.26. The normalized spacial score (nSPS) is 16.1. The molecule has 0 radical (unpaired) electrons. The molecule has 10 heteroatoms. The van der Waals surface area contributed by atoms with Gasteiger partial charge in [0.25, 0.3) is 5.56 Å². The van der Waals surface area contributed by atoms with Gasteiger partial charge in [0.2, 0.25) is 0 Å². The molecule has 3 aromatic heterocycles. The molecule has 0 atom stereocenters. The number of H-pyrrole nitrogens is 1. The first kappa shape index (κ1) is 17.7. The lowest BCUT2D eigenvalue weighted by molar-refractivity contribution is -0.138. The number of halogens is 3. The Morgan fingerprint density at radius 1 is 1.30 bits per heavy atom. The Hall–Kier alpha value is -2.75. The molecule has 0 aromatic carbocycles. The van der Waals surface area contributed by atoms with E-state index in [9.17, 15) is 18.0 Å². The van der Waals surface area contributed by atoms with Gasteiger partial charge >= 0.3 is 6.18 Å². The molecule has 7 nitrogen and oxygen atoms in total. The Kier molecular flexibility index (Phi) is 4.42. The van der Waals surface area contributed by atoms with Crippen molar-refractivity contribution in [1.82, 2.24) is 24.7 Å². The molecule has 142 valence electrons. The van der Waals surface area contributed by atoms with Gasteiger partial charge in [0.05, 0.1) is 23.5 Å². The second-order valence-corrected chi connectivity index (χ2v) is 6.35. The molecule has 1 fully saturated rings. The SMILES string of the molecule is O=c1[nH]c(Cc2ncccc2C(F)(F)F)nc2c1cnn2C1CCOCC1. The van der Waals surface area contributed by atoms with Crippen LogP contribution in [0.25, 0.3) is 11.0 Å². The van der Waals surface area contributed by atoms with Gasteiger partial charge in [0, 0.05) is 25.8 Å². The van der Waals surface area contributed by atoms with Crippen molar-refractivity contribution in [3.8, 4) is 0 Å². The summed E-state index contributed by atoms with van der Waals surface area (Å²) in [7, 11) is 0. The summed E-state index contributed by atoms with van der Waals surface area (Å²) in [5, 5.41) is 4.58. The van der Waals surface area contributed by atoms with Crippen molar-refractivity contribution in [2.75, 3.05) is 13.2 Å². The summed E-state index contributed by atoms with van der Waals surface area (Å²) in [5.41, 5.74) is -1.10. The predicted molar refractivity (Wildman–Crippen MR) is 89.3 cm³/mol. The van der Waals surface area contributed by atoms with Crippen LogP contribution in [0, 0.1) is 0 Å². The molecule has 1 aliphatic rings. The number of ether oxygens (including phenoxy) is 1. The number of alkyl halides is 3. The lowest BCUT2D eigenvalue weighted by Gasteiger charge is -2.22. The number of fused-ring (bicyclic) bond motifs is 1. The minimum Gasteiger partial charge on any atom is -0.381 e. The topological polar surface area (TPSA) is 85.7 Å². The van der Waals surface area contributed by atoms with Crippen LogP contribution < -0.4 is 5.56 Å². The number of aromatic nitrogens is 5. The first-order chi connectivity index (χ1) is 12.9. The monoisotopic (exact) mass is 379 g/mol. The van der Waals surface area contributed by atoms with Crippen molar-refractivity contribution < 1.29 is 17.9 Å². The van der Waals surface area contributed by atoms with Crippen molar-refractivity contribution in [2.24, 2.45) is 0 Å². The van der Waals surface area contributed by atoms with Crippen LogP contribution in [0.15, 0.2) is 29.3 Å². The Morgan fingerprint density at radius 2 is 2.07 bits per heavy atom. The van der Waals surface area contributed by atoms with Crippen LogP contribution in [0.3, 0.4) is 0 Å². The third-order valence-electron chi connectivity index (χ3n) is 4.58. The van der Waals surface area contributed by atoms with Crippen LogP contribution in [-0.2, 0) is 17.3 Å². The maximum Gasteiger partial charge on any atom is 0.418 e. The minimum absolute atomic E-state index is 0.0407. The zero-order chi connectivity index (χ0) is 19.0. The minimum atomic E-state index is -4.53. The van der Waals surface area contributed by atoms with Crippen molar-refractivity contribution in [3.05, 3.63) is 52.0 Å². The highest BCUT2D eigenvalue weighted by molar-refractivity contribution is 5.73. The predicted octanol–water partition coefficient (Wildman–Crippen LogP) is 2.48. The van der Waals surface area contributed by atoms with Gasteiger partial charge in [-0.15, -0.1) is 0 Å². The zero-order valence-electron chi connectivity index (χ0n) is 14.2. The molecule has 4 heterocycles. The first-order valence-electron chi connectivity index (χ1n) is 8.49. The highest BCUT2D eigenvalue weighted by Crippen LogP contribution is 2.31. The number of rotatable bonds is 3. The molecule has 0 amide bonds. The highest BCUT2D eigenvalue weighted by atomic mass is 19.4. The lowest BCUT2D eigenvalue weighted by Crippen LogP contribution is -2.22. The summed E-state index contributed by atoms with van der Waals surface area (Å²) in [5.74, 6) is 0.116. The Morgan fingerprint density at radius 3 is 2.81 bits per heavy atom.